The van der Waals surface area contributed by atoms with Gasteiger partial charge in [-0.15, -0.1) is 0 Å². The molecule has 0 radical (unpaired) electrons. The fraction of sp³-hybridized carbons (Fsp3) is 0.429. The molecule has 0 saturated heterocycles. The van der Waals surface area contributed by atoms with Crippen LogP contribution in [0.1, 0.15) is 35.8 Å². The predicted molar refractivity (Wildman–Crippen MR) is 74.2 cm³/mol. The van der Waals surface area contributed by atoms with Crippen molar-refractivity contribution in [2.45, 2.75) is 31.8 Å². The molecule has 2 aromatic rings. The first-order valence-corrected chi connectivity index (χ1v) is 6.84. The number of nitrogens with two attached hydrogens (primary N) is 1. The lowest BCUT2D eigenvalue weighted by Crippen LogP contribution is -2.12. The van der Waals surface area contributed by atoms with Gasteiger partial charge >= 0.3 is 5.97 Å². The monoisotopic (exact) mass is 274 g/mol. The van der Waals surface area contributed by atoms with Crippen molar-refractivity contribution in [1.29, 1.82) is 0 Å². The van der Waals surface area contributed by atoms with Gasteiger partial charge in [0.15, 0.2) is 0 Å². The van der Waals surface area contributed by atoms with E-state index in [0.717, 1.165) is 25.8 Å². The molecule has 20 heavy (non-hydrogen) atoms. The van der Waals surface area contributed by atoms with Crippen LogP contribution in [-0.2, 0) is 11.3 Å². The standard InChI is InChI=1S/C14H18N4O2/c15-11-8-13(18(9-11)12-2-3-12)14(19)20-7-1-5-17-6-4-16-10-17/h4,6,8-10,12H,1-3,5,7,15H2. The molecule has 6 nitrogen and oxygen atoms in total. The molecule has 3 rings (SSSR count). The van der Waals surface area contributed by atoms with Crippen molar-refractivity contribution in [1.82, 2.24) is 14.1 Å². The number of aromatic nitrogens is 3. The Morgan fingerprint density at radius 1 is 1.50 bits per heavy atom. The third-order valence-corrected chi connectivity index (χ3v) is 3.37. The number of rotatable bonds is 6. The molecular formula is C14H18N4O2. The first-order chi connectivity index (χ1) is 9.74. The van der Waals surface area contributed by atoms with E-state index in [1.165, 1.54) is 0 Å². The van der Waals surface area contributed by atoms with Crippen molar-refractivity contribution in [2.75, 3.05) is 12.3 Å². The number of aryl methyl sites for hydroxylation is 1. The molecule has 1 aliphatic rings. The van der Waals surface area contributed by atoms with Crippen molar-refractivity contribution < 1.29 is 9.53 Å². The van der Waals surface area contributed by atoms with Crippen molar-refractivity contribution >= 4 is 11.7 Å². The molecule has 1 fully saturated rings. The predicted octanol–water partition coefficient (Wildman–Crippen LogP) is 1.85. The Labute approximate surface area is 117 Å². The Morgan fingerprint density at radius 2 is 2.35 bits per heavy atom. The summed E-state index contributed by atoms with van der Waals surface area (Å²) in [6, 6.07) is 2.11. The van der Waals surface area contributed by atoms with Crippen LogP contribution in [0.15, 0.2) is 31.0 Å². The summed E-state index contributed by atoms with van der Waals surface area (Å²) in [7, 11) is 0. The number of imidazole rings is 1. The van der Waals surface area contributed by atoms with Gasteiger partial charge in [-0.25, -0.2) is 9.78 Å². The zero-order valence-corrected chi connectivity index (χ0v) is 11.2. The van der Waals surface area contributed by atoms with Gasteiger partial charge in [0.05, 0.1) is 18.6 Å². The Kier molecular flexibility index (Phi) is 3.45. The number of anilines is 1. The van der Waals surface area contributed by atoms with Crippen LogP contribution in [0.4, 0.5) is 5.69 Å². The number of nitrogens with zero attached hydrogens (tertiary/aromatic N) is 3. The summed E-state index contributed by atoms with van der Waals surface area (Å²) in [5, 5.41) is 0. The zero-order valence-electron chi connectivity index (χ0n) is 11.2. The highest BCUT2D eigenvalue weighted by Gasteiger charge is 2.28. The van der Waals surface area contributed by atoms with Crippen LogP contribution >= 0.6 is 0 Å². The Bertz CT molecular complexity index is 584. The molecular weight excluding hydrogens is 256 g/mol. The fourth-order valence-corrected chi connectivity index (χ4v) is 2.22. The Morgan fingerprint density at radius 3 is 3.05 bits per heavy atom. The van der Waals surface area contributed by atoms with E-state index in [0.29, 0.717) is 24.0 Å². The highest BCUT2D eigenvalue weighted by molar-refractivity contribution is 5.89. The third kappa shape index (κ3) is 2.84. The van der Waals surface area contributed by atoms with E-state index in [-0.39, 0.29) is 5.97 Å². The number of esters is 1. The van der Waals surface area contributed by atoms with Crippen LogP contribution in [0.3, 0.4) is 0 Å². The van der Waals surface area contributed by atoms with Gasteiger partial charge in [0, 0.05) is 31.2 Å². The second-order valence-corrected chi connectivity index (χ2v) is 5.09. The second-order valence-electron chi connectivity index (χ2n) is 5.09. The summed E-state index contributed by atoms with van der Waals surface area (Å²) in [5.41, 5.74) is 6.94. The molecule has 2 N–H and O–H groups in total. The summed E-state index contributed by atoms with van der Waals surface area (Å²) in [6.45, 7) is 1.19. The minimum atomic E-state index is -0.292. The summed E-state index contributed by atoms with van der Waals surface area (Å²) >= 11 is 0. The lowest BCUT2D eigenvalue weighted by molar-refractivity contribution is 0.0483. The molecule has 1 saturated carbocycles. The average molecular weight is 274 g/mol. The van der Waals surface area contributed by atoms with Gasteiger partial charge in [0.1, 0.15) is 5.69 Å². The minimum Gasteiger partial charge on any atom is -0.461 e. The second kappa shape index (κ2) is 5.40. The smallest absolute Gasteiger partial charge is 0.355 e. The maximum absolute atomic E-state index is 12.1. The molecule has 2 aromatic heterocycles. The number of ether oxygens (including phenoxy) is 1. The molecule has 0 unspecified atom stereocenters. The molecule has 0 aromatic carbocycles. The van der Waals surface area contributed by atoms with Crippen molar-refractivity contribution in [2.24, 2.45) is 0 Å². The Balaban J connectivity index is 1.51. The molecule has 0 atom stereocenters. The van der Waals surface area contributed by atoms with E-state index < -0.39 is 0 Å². The molecule has 106 valence electrons. The Hall–Kier alpha value is -2.24. The van der Waals surface area contributed by atoms with Crippen LogP contribution in [-0.4, -0.2) is 26.7 Å². The van der Waals surface area contributed by atoms with Gasteiger partial charge in [-0.3, -0.25) is 0 Å². The largest absolute Gasteiger partial charge is 0.461 e. The van der Waals surface area contributed by atoms with Crippen molar-refractivity contribution in [3.05, 3.63) is 36.7 Å². The quantitative estimate of drug-likeness (QED) is 0.644. The van der Waals surface area contributed by atoms with Gasteiger partial charge in [-0.1, -0.05) is 0 Å². The van der Waals surface area contributed by atoms with E-state index in [4.69, 9.17) is 10.5 Å². The molecule has 2 heterocycles. The normalized spacial score (nSPS) is 14.4. The maximum Gasteiger partial charge on any atom is 0.355 e. The molecule has 0 aliphatic heterocycles. The molecule has 0 spiro atoms. The minimum absolute atomic E-state index is 0.292. The summed E-state index contributed by atoms with van der Waals surface area (Å²) in [6.07, 6.45) is 10.2. The van der Waals surface area contributed by atoms with Crippen molar-refractivity contribution in [3.8, 4) is 0 Å². The zero-order chi connectivity index (χ0) is 13.9. The maximum atomic E-state index is 12.1. The topological polar surface area (TPSA) is 75.1 Å². The highest BCUT2D eigenvalue weighted by atomic mass is 16.5. The number of carbonyl (C=O) groups excluding carboxylic acids is 1. The number of hydrogen-bond donors (Lipinski definition) is 1. The van der Waals surface area contributed by atoms with E-state index in [2.05, 4.69) is 4.98 Å². The lowest BCUT2D eigenvalue weighted by atomic mass is 10.4. The summed E-state index contributed by atoms with van der Waals surface area (Å²) < 4.78 is 9.20. The van der Waals surface area contributed by atoms with Gasteiger partial charge < -0.3 is 19.6 Å². The van der Waals surface area contributed by atoms with Gasteiger partial charge in [-0.2, -0.15) is 0 Å². The van der Waals surface area contributed by atoms with Crippen LogP contribution in [0.25, 0.3) is 0 Å². The fourth-order valence-electron chi connectivity index (χ4n) is 2.22. The number of hydrogen-bond acceptors (Lipinski definition) is 4. The van der Waals surface area contributed by atoms with E-state index >= 15 is 0 Å². The third-order valence-electron chi connectivity index (χ3n) is 3.37. The molecule has 0 amide bonds. The van der Waals surface area contributed by atoms with Crippen molar-refractivity contribution in [3.63, 3.8) is 0 Å². The lowest BCUT2D eigenvalue weighted by Gasteiger charge is -2.08. The first-order valence-electron chi connectivity index (χ1n) is 6.84. The number of carbonyl (C=O) groups is 1. The molecule has 1 aliphatic carbocycles. The van der Waals surface area contributed by atoms with Crippen LogP contribution in [0.2, 0.25) is 0 Å². The number of nitrogen functional groups attached to an aromatic ring is 1. The van der Waals surface area contributed by atoms with E-state index in [1.807, 2.05) is 21.5 Å². The van der Waals surface area contributed by atoms with E-state index in [1.54, 1.807) is 18.6 Å². The van der Waals surface area contributed by atoms with Crippen LogP contribution in [0, 0.1) is 0 Å². The molecule has 0 bridgehead atoms. The van der Waals surface area contributed by atoms with Crippen LogP contribution in [0.5, 0.6) is 0 Å². The first kappa shape index (κ1) is 12.8. The van der Waals surface area contributed by atoms with Gasteiger partial charge in [0.2, 0.25) is 0 Å². The SMILES string of the molecule is Nc1cc(C(=O)OCCCn2ccnc2)n(C2CC2)c1. The van der Waals surface area contributed by atoms with Gasteiger partial charge in [0.25, 0.3) is 0 Å². The summed E-state index contributed by atoms with van der Waals surface area (Å²) in [5.74, 6) is -0.292. The van der Waals surface area contributed by atoms with Crippen LogP contribution < -0.4 is 5.73 Å². The van der Waals surface area contributed by atoms with Gasteiger partial charge in [-0.05, 0) is 25.3 Å². The summed E-state index contributed by atoms with van der Waals surface area (Å²) in [4.78, 5) is 16.0. The van der Waals surface area contributed by atoms with E-state index in [9.17, 15) is 4.79 Å². The highest BCUT2D eigenvalue weighted by Crippen LogP contribution is 2.37. The average Bonchev–Trinajstić information content (AvgIpc) is 3.00. The molecule has 6 heteroatoms.